The molecule has 0 aromatic carbocycles. The van der Waals surface area contributed by atoms with Gasteiger partial charge in [-0.3, -0.25) is 14.4 Å². The molecule has 0 bridgehead atoms. The number of carbonyl (C=O) groups is 3. The number of hydrogen-bond acceptors (Lipinski definition) is 5. The number of carbonyl (C=O) groups excluding carboxylic acids is 3. The van der Waals surface area contributed by atoms with Crippen molar-refractivity contribution in [3.05, 3.63) is 40.2 Å². The van der Waals surface area contributed by atoms with E-state index in [2.05, 4.69) is 5.32 Å². The molecular formula is C21H25N3O4S. The van der Waals surface area contributed by atoms with Crippen molar-refractivity contribution in [2.75, 3.05) is 11.9 Å². The molecule has 1 fully saturated rings. The fourth-order valence-corrected chi connectivity index (χ4v) is 5.67. The van der Waals surface area contributed by atoms with Crippen LogP contribution in [0.1, 0.15) is 69.9 Å². The molecule has 0 radical (unpaired) electrons. The molecule has 2 aliphatic carbocycles. The van der Waals surface area contributed by atoms with Gasteiger partial charge in [0.05, 0.1) is 11.8 Å². The van der Waals surface area contributed by atoms with Crippen LogP contribution < -0.4 is 11.1 Å². The minimum Gasteiger partial charge on any atom is -0.459 e. The van der Waals surface area contributed by atoms with E-state index >= 15 is 0 Å². The van der Waals surface area contributed by atoms with Gasteiger partial charge in [0.15, 0.2) is 5.76 Å². The number of aryl methyl sites for hydroxylation is 1. The molecule has 3 N–H and O–H groups in total. The zero-order valence-electron chi connectivity index (χ0n) is 16.2. The molecule has 154 valence electrons. The second-order valence-corrected chi connectivity index (χ2v) is 8.78. The standard InChI is InChI=1S/C21H25N3O4S/c22-19(26)18-14-8-3-4-10-16(14)29-20(18)23-17(25)12-24(13-6-1-2-7-13)21(27)15-9-5-11-28-15/h5,9,11,13H,1-4,6-8,10,12H2,(H2,22,26)(H,23,25). The number of rotatable bonds is 6. The van der Waals surface area contributed by atoms with Gasteiger partial charge in [0, 0.05) is 10.9 Å². The van der Waals surface area contributed by atoms with E-state index in [1.807, 2.05) is 0 Å². The van der Waals surface area contributed by atoms with Crippen LogP contribution in [0.4, 0.5) is 5.00 Å². The Bertz CT molecular complexity index is 913. The highest BCUT2D eigenvalue weighted by Crippen LogP contribution is 2.38. The zero-order chi connectivity index (χ0) is 20.4. The highest BCUT2D eigenvalue weighted by molar-refractivity contribution is 7.17. The topological polar surface area (TPSA) is 106 Å². The molecule has 2 aromatic heterocycles. The molecule has 0 aliphatic heterocycles. The first kappa shape index (κ1) is 19.7. The van der Waals surface area contributed by atoms with Crippen molar-refractivity contribution in [3.8, 4) is 0 Å². The van der Waals surface area contributed by atoms with Gasteiger partial charge in [-0.2, -0.15) is 0 Å². The summed E-state index contributed by atoms with van der Waals surface area (Å²) in [6, 6.07) is 3.29. The average Bonchev–Trinajstić information content (AvgIpc) is 3.45. The SMILES string of the molecule is NC(=O)c1c(NC(=O)CN(C(=O)c2ccco2)C2CCCC2)sc2c1CCCC2. The second-order valence-electron chi connectivity index (χ2n) is 7.68. The van der Waals surface area contributed by atoms with Crippen molar-refractivity contribution in [1.29, 1.82) is 0 Å². The molecule has 4 rings (SSSR count). The third-order valence-electron chi connectivity index (χ3n) is 5.74. The number of furan rings is 1. The van der Waals surface area contributed by atoms with Gasteiger partial charge < -0.3 is 20.4 Å². The van der Waals surface area contributed by atoms with E-state index in [0.717, 1.165) is 61.8 Å². The van der Waals surface area contributed by atoms with Crippen LogP contribution in [0.25, 0.3) is 0 Å². The molecule has 2 heterocycles. The number of fused-ring (bicyclic) bond motifs is 1. The van der Waals surface area contributed by atoms with Gasteiger partial charge in [-0.15, -0.1) is 11.3 Å². The number of hydrogen-bond donors (Lipinski definition) is 2. The summed E-state index contributed by atoms with van der Waals surface area (Å²) in [5.74, 6) is -0.885. The highest BCUT2D eigenvalue weighted by Gasteiger charge is 2.31. The molecule has 2 aromatic rings. The highest BCUT2D eigenvalue weighted by atomic mass is 32.1. The van der Waals surface area contributed by atoms with Crippen LogP contribution in [0.5, 0.6) is 0 Å². The van der Waals surface area contributed by atoms with Gasteiger partial charge in [0.2, 0.25) is 5.91 Å². The normalized spacial score (nSPS) is 16.4. The van der Waals surface area contributed by atoms with Crippen LogP contribution in [-0.4, -0.2) is 35.2 Å². The van der Waals surface area contributed by atoms with Crippen LogP contribution in [0.2, 0.25) is 0 Å². The Morgan fingerprint density at radius 1 is 1.17 bits per heavy atom. The molecule has 2 aliphatic rings. The Hall–Kier alpha value is -2.61. The molecule has 0 atom stereocenters. The van der Waals surface area contributed by atoms with Crippen molar-refractivity contribution >= 4 is 34.1 Å². The molecule has 0 spiro atoms. The van der Waals surface area contributed by atoms with Crippen molar-refractivity contribution in [2.24, 2.45) is 5.73 Å². The minimum atomic E-state index is -0.515. The lowest BCUT2D eigenvalue weighted by atomic mass is 9.95. The van der Waals surface area contributed by atoms with Crippen LogP contribution in [0.15, 0.2) is 22.8 Å². The Kier molecular flexibility index (Phi) is 5.71. The van der Waals surface area contributed by atoms with Crippen LogP contribution >= 0.6 is 11.3 Å². The molecule has 29 heavy (non-hydrogen) atoms. The molecule has 3 amide bonds. The van der Waals surface area contributed by atoms with Gasteiger partial charge >= 0.3 is 0 Å². The maximum atomic E-state index is 12.9. The predicted octanol–water partition coefficient (Wildman–Crippen LogP) is 3.34. The van der Waals surface area contributed by atoms with Gasteiger partial charge in [0.1, 0.15) is 11.5 Å². The third-order valence-corrected chi connectivity index (χ3v) is 6.95. The fourth-order valence-electron chi connectivity index (χ4n) is 4.36. The summed E-state index contributed by atoms with van der Waals surface area (Å²) in [5.41, 5.74) is 7.02. The Balaban J connectivity index is 1.53. The van der Waals surface area contributed by atoms with E-state index in [1.54, 1.807) is 17.0 Å². The molecular weight excluding hydrogens is 390 g/mol. The summed E-state index contributed by atoms with van der Waals surface area (Å²) in [7, 11) is 0. The van der Waals surface area contributed by atoms with E-state index in [0.29, 0.717) is 10.6 Å². The van der Waals surface area contributed by atoms with Crippen LogP contribution in [0.3, 0.4) is 0 Å². The molecule has 1 saturated carbocycles. The van der Waals surface area contributed by atoms with Gasteiger partial charge in [-0.1, -0.05) is 12.8 Å². The molecule has 7 nitrogen and oxygen atoms in total. The number of nitrogens with zero attached hydrogens (tertiary/aromatic N) is 1. The minimum absolute atomic E-state index is 0.0190. The summed E-state index contributed by atoms with van der Waals surface area (Å²) >= 11 is 1.43. The van der Waals surface area contributed by atoms with E-state index in [4.69, 9.17) is 10.2 Å². The molecule has 8 heteroatoms. The lowest BCUT2D eigenvalue weighted by molar-refractivity contribution is -0.117. The average molecular weight is 416 g/mol. The maximum absolute atomic E-state index is 12.9. The lowest BCUT2D eigenvalue weighted by Gasteiger charge is -2.27. The maximum Gasteiger partial charge on any atom is 0.290 e. The fraction of sp³-hybridized carbons (Fsp3) is 0.476. The monoisotopic (exact) mass is 415 g/mol. The van der Waals surface area contributed by atoms with E-state index in [9.17, 15) is 14.4 Å². The van der Waals surface area contributed by atoms with Gasteiger partial charge in [0.25, 0.3) is 11.8 Å². The number of nitrogens with two attached hydrogens (primary N) is 1. The smallest absolute Gasteiger partial charge is 0.290 e. The molecule has 0 unspecified atom stereocenters. The third kappa shape index (κ3) is 4.07. The zero-order valence-corrected chi connectivity index (χ0v) is 17.1. The lowest BCUT2D eigenvalue weighted by Crippen LogP contribution is -2.43. The van der Waals surface area contributed by atoms with E-state index in [1.165, 1.54) is 17.6 Å². The van der Waals surface area contributed by atoms with Crippen molar-refractivity contribution in [2.45, 2.75) is 57.4 Å². The summed E-state index contributed by atoms with van der Waals surface area (Å²) < 4.78 is 5.26. The largest absolute Gasteiger partial charge is 0.459 e. The van der Waals surface area contributed by atoms with Crippen molar-refractivity contribution in [3.63, 3.8) is 0 Å². The van der Waals surface area contributed by atoms with Crippen molar-refractivity contribution in [1.82, 2.24) is 4.90 Å². The van der Waals surface area contributed by atoms with Crippen molar-refractivity contribution < 1.29 is 18.8 Å². The number of anilines is 1. The first-order chi connectivity index (χ1) is 14.0. The Morgan fingerprint density at radius 2 is 1.93 bits per heavy atom. The summed E-state index contributed by atoms with van der Waals surface area (Å²) in [4.78, 5) is 40.5. The van der Waals surface area contributed by atoms with Crippen LogP contribution in [0, 0.1) is 0 Å². The number of primary amides is 1. The Morgan fingerprint density at radius 3 is 2.62 bits per heavy atom. The summed E-state index contributed by atoms with van der Waals surface area (Å²) in [5, 5.41) is 3.36. The summed E-state index contributed by atoms with van der Waals surface area (Å²) in [6.45, 7) is -0.0784. The number of amides is 3. The summed E-state index contributed by atoms with van der Waals surface area (Å²) in [6.07, 6.45) is 9.09. The van der Waals surface area contributed by atoms with Crippen LogP contribution in [-0.2, 0) is 17.6 Å². The number of thiophene rings is 1. The van der Waals surface area contributed by atoms with Gasteiger partial charge in [-0.25, -0.2) is 0 Å². The van der Waals surface area contributed by atoms with E-state index in [-0.39, 0.29) is 30.2 Å². The first-order valence-electron chi connectivity index (χ1n) is 10.1. The Labute approximate surface area is 173 Å². The van der Waals surface area contributed by atoms with E-state index < -0.39 is 5.91 Å². The predicted molar refractivity (Wildman–Crippen MR) is 110 cm³/mol. The first-order valence-corrected chi connectivity index (χ1v) is 10.9. The second kappa shape index (κ2) is 8.41. The molecule has 0 saturated heterocycles. The quantitative estimate of drug-likeness (QED) is 0.755. The number of nitrogens with one attached hydrogen (secondary N) is 1. The van der Waals surface area contributed by atoms with Gasteiger partial charge in [-0.05, 0) is 56.2 Å².